The Hall–Kier alpha value is -0.670. The third-order valence-electron chi connectivity index (χ3n) is 1.88. The van der Waals surface area contributed by atoms with E-state index < -0.39 is 0 Å². The van der Waals surface area contributed by atoms with Crippen molar-refractivity contribution in [2.24, 2.45) is 5.73 Å². The van der Waals surface area contributed by atoms with Gasteiger partial charge < -0.3 is 10.5 Å². The smallest absolute Gasteiger partial charge is 0.123 e. The van der Waals surface area contributed by atoms with E-state index in [0.29, 0.717) is 6.54 Å². The summed E-state index contributed by atoms with van der Waals surface area (Å²) in [5.41, 5.74) is 7.91. The molecule has 13 heavy (non-hydrogen) atoms. The van der Waals surface area contributed by atoms with Crippen LogP contribution in [0.3, 0.4) is 0 Å². The van der Waals surface area contributed by atoms with Crippen LogP contribution in [0.4, 0.5) is 0 Å². The average molecular weight is 197 g/mol. The Balaban J connectivity index is 2.91. The van der Waals surface area contributed by atoms with Crippen LogP contribution < -0.4 is 10.5 Å². The highest BCUT2D eigenvalue weighted by atomic mass is 32.2. The van der Waals surface area contributed by atoms with Gasteiger partial charge in [-0.2, -0.15) is 11.8 Å². The van der Waals surface area contributed by atoms with Gasteiger partial charge in [0, 0.05) is 17.9 Å². The molecule has 2 N–H and O–H groups in total. The normalized spacial score (nSPS) is 10.1. The highest BCUT2D eigenvalue weighted by Crippen LogP contribution is 2.21. The van der Waals surface area contributed by atoms with E-state index in [1.165, 1.54) is 5.56 Å². The first-order chi connectivity index (χ1) is 6.31. The number of hydrogen-bond acceptors (Lipinski definition) is 3. The number of benzene rings is 1. The molecule has 0 aliphatic rings. The zero-order chi connectivity index (χ0) is 9.68. The molecular formula is C10H15NOS. The summed E-state index contributed by atoms with van der Waals surface area (Å²) < 4.78 is 5.23. The van der Waals surface area contributed by atoms with Crippen LogP contribution in [0.1, 0.15) is 11.1 Å². The zero-order valence-electron chi connectivity index (χ0n) is 8.04. The Labute approximate surface area is 83.5 Å². The SMILES string of the molecule is COc1cc(CSC)ccc1CN. The fraction of sp³-hybridized carbons (Fsp3) is 0.400. The topological polar surface area (TPSA) is 35.2 Å². The molecule has 1 rings (SSSR count). The highest BCUT2D eigenvalue weighted by molar-refractivity contribution is 7.97. The number of thioether (sulfide) groups is 1. The van der Waals surface area contributed by atoms with Gasteiger partial charge in [-0.1, -0.05) is 12.1 Å². The number of ether oxygens (including phenoxy) is 1. The van der Waals surface area contributed by atoms with Gasteiger partial charge in [0.25, 0.3) is 0 Å². The van der Waals surface area contributed by atoms with E-state index in [0.717, 1.165) is 17.1 Å². The molecule has 3 heteroatoms. The van der Waals surface area contributed by atoms with Crippen LogP contribution in [0, 0.1) is 0 Å². The van der Waals surface area contributed by atoms with Gasteiger partial charge in [0.05, 0.1) is 7.11 Å². The molecule has 0 aliphatic heterocycles. The lowest BCUT2D eigenvalue weighted by molar-refractivity contribution is 0.409. The summed E-state index contributed by atoms with van der Waals surface area (Å²) in [6, 6.07) is 6.18. The molecule has 1 aromatic carbocycles. The predicted octanol–water partition coefficient (Wildman–Crippen LogP) is 2.02. The first kappa shape index (κ1) is 10.4. The van der Waals surface area contributed by atoms with E-state index in [4.69, 9.17) is 10.5 Å². The second kappa shape index (κ2) is 5.14. The van der Waals surface area contributed by atoms with E-state index in [9.17, 15) is 0 Å². The van der Waals surface area contributed by atoms with Crippen LogP contribution >= 0.6 is 11.8 Å². The highest BCUT2D eigenvalue weighted by Gasteiger charge is 2.01. The average Bonchev–Trinajstić information content (AvgIpc) is 2.18. The number of rotatable bonds is 4. The quantitative estimate of drug-likeness (QED) is 0.802. The summed E-state index contributed by atoms with van der Waals surface area (Å²) in [5, 5.41) is 0. The Bertz CT molecular complexity index is 276. The molecule has 0 aromatic heterocycles. The molecule has 0 radical (unpaired) electrons. The minimum Gasteiger partial charge on any atom is -0.496 e. The largest absolute Gasteiger partial charge is 0.496 e. The van der Waals surface area contributed by atoms with Crippen molar-refractivity contribution < 1.29 is 4.74 Å². The Morgan fingerprint density at radius 3 is 2.77 bits per heavy atom. The zero-order valence-corrected chi connectivity index (χ0v) is 8.86. The van der Waals surface area contributed by atoms with Crippen LogP contribution in [0.2, 0.25) is 0 Å². The lowest BCUT2D eigenvalue weighted by Crippen LogP contribution is -2.00. The molecular weight excluding hydrogens is 182 g/mol. The summed E-state index contributed by atoms with van der Waals surface area (Å²) >= 11 is 1.80. The maximum Gasteiger partial charge on any atom is 0.123 e. The summed E-state index contributed by atoms with van der Waals surface area (Å²) in [7, 11) is 1.68. The Morgan fingerprint density at radius 1 is 1.46 bits per heavy atom. The van der Waals surface area contributed by atoms with Gasteiger partial charge in [0.2, 0.25) is 0 Å². The molecule has 0 unspecified atom stereocenters. The number of hydrogen-bond donors (Lipinski definition) is 1. The molecule has 0 aliphatic carbocycles. The van der Waals surface area contributed by atoms with Gasteiger partial charge in [0.1, 0.15) is 5.75 Å². The number of nitrogens with two attached hydrogens (primary N) is 1. The van der Waals surface area contributed by atoms with Gasteiger partial charge in [0.15, 0.2) is 0 Å². The first-order valence-corrected chi connectivity index (χ1v) is 5.56. The Morgan fingerprint density at radius 2 is 2.23 bits per heavy atom. The monoisotopic (exact) mass is 197 g/mol. The van der Waals surface area contributed by atoms with Crippen molar-refractivity contribution in [1.82, 2.24) is 0 Å². The molecule has 0 amide bonds. The third-order valence-corrected chi connectivity index (χ3v) is 2.50. The van der Waals surface area contributed by atoms with Crippen molar-refractivity contribution >= 4 is 11.8 Å². The van der Waals surface area contributed by atoms with Gasteiger partial charge >= 0.3 is 0 Å². The summed E-state index contributed by atoms with van der Waals surface area (Å²) in [6.45, 7) is 0.530. The fourth-order valence-corrected chi connectivity index (χ4v) is 1.73. The standard InChI is InChI=1S/C10H15NOS/c1-12-10-5-8(7-13-2)3-4-9(10)6-11/h3-5H,6-7,11H2,1-2H3. The lowest BCUT2D eigenvalue weighted by Gasteiger charge is -2.08. The molecule has 0 spiro atoms. The van der Waals surface area contributed by atoms with Crippen molar-refractivity contribution in [3.8, 4) is 5.75 Å². The van der Waals surface area contributed by atoms with Gasteiger partial charge in [-0.15, -0.1) is 0 Å². The summed E-state index contributed by atoms with van der Waals surface area (Å²) in [6.07, 6.45) is 2.09. The molecule has 0 heterocycles. The van der Waals surface area contributed by atoms with Crippen LogP contribution in [-0.4, -0.2) is 13.4 Å². The van der Waals surface area contributed by atoms with E-state index in [1.54, 1.807) is 18.9 Å². The van der Waals surface area contributed by atoms with Crippen molar-refractivity contribution in [1.29, 1.82) is 0 Å². The van der Waals surface area contributed by atoms with Gasteiger partial charge in [-0.3, -0.25) is 0 Å². The maximum absolute atomic E-state index is 5.57. The van der Waals surface area contributed by atoms with Gasteiger partial charge in [-0.05, 0) is 17.9 Å². The van der Waals surface area contributed by atoms with Crippen LogP contribution in [0.5, 0.6) is 5.75 Å². The van der Waals surface area contributed by atoms with E-state index >= 15 is 0 Å². The molecule has 0 atom stereocenters. The van der Waals surface area contributed by atoms with Crippen molar-refractivity contribution in [2.45, 2.75) is 12.3 Å². The maximum atomic E-state index is 5.57. The molecule has 1 aromatic rings. The Kier molecular flexibility index (Phi) is 4.12. The van der Waals surface area contributed by atoms with E-state index in [2.05, 4.69) is 18.4 Å². The fourth-order valence-electron chi connectivity index (χ4n) is 1.21. The predicted molar refractivity (Wildman–Crippen MR) is 58.1 cm³/mol. The summed E-state index contributed by atoms with van der Waals surface area (Å²) in [4.78, 5) is 0. The molecule has 0 saturated heterocycles. The minimum atomic E-state index is 0.530. The third kappa shape index (κ3) is 2.64. The van der Waals surface area contributed by atoms with Crippen LogP contribution in [0.25, 0.3) is 0 Å². The molecule has 0 bridgehead atoms. The molecule has 0 fully saturated rings. The van der Waals surface area contributed by atoms with E-state index in [1.807, 2.05) is 6.07 Å². The van der Waals surface area contributed by atoms with Crippen molar-refractivity contribution in [2.75, 3.05) is 13.4 Å². The van der Waals surface area contributed by atoms with Crippen LogP contribution in [0.15, 0.2) is 18.2 Å². The molecule has 2 nitrogen and oxygen atoms in total. The summed E-state index contributed by atoms with van der Waals surface area (Å²) in [5.74, 6) is 1.91. The number of methoxy groups -OCH3 is 1. The molecule has 0 saturated carbocycles. The lowest BCUT2D eigenvalue weighted by atomic mass is 10.1. The molecule has 72 valence electrons. The van der Waals surface area contributed by atoms with Gasteiger partial charge in [-0.25, -0.2) is 0 Å². The van der Waals surface area contributed by atoms with Crippen LogP contribution in [-0.2, 0) is 12.3 Å². The van der Waals surface area contributed by atoms with E-state index in [-0.39, 0.29) is 0 Å². The van der Waals surface area contributed by atoms with Crippen molar-refractivity contribution in [3.05, 3.63) is 29.3 Å². The van der Waals surface area contributed by atoms with Crippen molar-refractivity contribution in [3.63, 3.8) is 0 Å². The first-order valence-electron chi connectivity index (χ1n) is 4.16. The second-order valence-corrected chi connectivity index (χ2v) is 3.65. The second-order valence-electron chi connectivity index (χ2n) is 2.78. The minimum absolute atomic E-state index is 0.530.